The Labute approximate surface area is 127 Å². The molecule has 5 nitrogen and oxygen atoms in total. The summed E-state index contributed by atoms with van der Waals surface area (Å²) in [7, 11) is -3.89. The van der Waals surface area contributed by atoms with Crippen LogP contribution in [0, 0.1) is 0 Å². The van der Waals surface area contributed by atoms with E-state index in [4.69, 9.17) is 28.3 Å². The van der Waals surface area contributed by atoms with Gasteiger partial charge in [-0.2, -0.15) is 0 Å². The molecule has 0 radical (unpaired) electrons. The number of carboxylic acids is 1. The number of rotatable bonds is 6. The number of nitrogens with one attached hydrogen (secondary N) is 1. The minimum absolute atomic E-state index is 0.107. The topological polar surface area (TPSA) is 83.5 Å². The van der Waals surface area contributed by atoms with E-state index in [1.54, 1.807) is 0 Å². The Morgan fingerprint density at radius 1 is 1.25 bits per heavy atom. The summed E-state index contributed by atoms with van der Waals surface area (Å²) in [6, 6.07) is 1.85. The Morgan fingerprint density at radius 2 is 1.80 bits per heavy atom. The van der Waals surface area contributed by atoms with E-state index in [1.165, 1.54) is 0 Å². The number of sulfonamides is 1. The lowest BCUT2D eigenvalue weighted by molar-refractivity contribution is 0.0697. The van der Waals surface area contributed by atoms with E-state index >= 15 is 0 Å². The molecule has 0 amide bonds. The standard InChI is InChI=1S/C12H15Cl2NO4S/c1-3-7(4-2)15-20(18,19)11-5-8(12(16)17)9(13)6-10(11)14/h5-7,15H,3-4H2,1-2H3,(H,16,17). The van der Waals surface area contributed by atoms with Gasteiger partial charge in [-0.25, -0.2) is 17.9 Å². The number of hydrogen-bond acceptors (Lipinski definition) is 3. The van der Waals surface area contributed by atoms with Crippen molar-refractivity contribution in [1.29, 1.82) is 0 Å². The molecule has 8 heteroatoms. The van der Waals surface area contributed by atoms with Gasteiger partial charge in [-0.05, 0) is 25.0 Å². The minimum atomic E-state index is -3.89. The van der Waals surface area contributed by atoms with Crippen molar-refractivity contribution < 1.29 is 18.3 Å². The van der Waals surface area contributed by atoms with Gasteiger partial charge in [0.05, 0.1) is 15.6 Å². The van der Waals surface area contributed by atoms with E-state index in [0.717, 1.165) is 12.1 Å². The van der Waals surface area contributed by atoms with Gasteiger partial charge in [-0.1, -0.05) is 37.0 Å². The fraction of sp³-hybridized carbons (Fsp3) is 0.417. The summed E-state index contributed by atoms with van der Waals surface area (Å²) in [4.78, 5) is 10.7. The third-order valence-electron chi connectivity index (χ3n) is 2.85. The minimum Gasteiger partial charge on any atom is -0.478 e. The van der Waals surface area contributed by atoms with Crippen LogP contribution in [-0.4, -0.2) is 25.5 Å². The number of carboxylic acid groups (broad SMARTS) is 1. The first-order valence-corrected chi connectivity index (χ1v) is 8.21. The van der Waals surface area contributed by atoms with E-state index < -0.39 is 16.0 Å². The van der Waals surface area contributed by atoms with Crippen LogP contribution in [0.2, 0.25) is 10.0 Å². The molecule has 0 heterocycles. The zero-order valence-electron chi connectivity index (χ0n) is 11.0. The Bertz CT molecular complexity index is 612. The highest BCUT2D eigenvalue weighted by atomic mass is 35.5. The first kappa shape index (κ1) is 17.2. The van der Waals surface area contributed by atoms with Gasteiger partial charge in [0, 0.05) is 6.04 Å². The van der Waals surface area contributed by atoms with Gasteiger partial charge >= 0.3 is 5.97 Å². The average Bonchev–Trinajstić information content (AvgIpc) is 2.35. The molecular formula is C12H15Cl2NO4S. The molecule has 0 spiro atoms. The fourth-order valence-corrected chi connectivity index (χ4v) is 3.89. The summed E-state index contributed by atoms with van der Waals surface area (Å²) in [5.41, 5.74) is -0.305. The third-order valence-corrected chi connectivity index (χ3v) is 5.15. The average molecular weight is 340 g/mol. The first-order chi connectivity index (χ1) is 9.22. The van der Waals surface area contributed by atoms with Crippen molar-refractivity contribution in [3.63, 3.8) is 0 Å². The maximum absolute atomic E-state index is 12.2. The maximum Gasteiger partial charge on any atom is 0.337 e. The zero-order chi connectivity index (χ0) is 15.5. The van der Waals surface area contributed by atoms with E-state index in [1.807, 2.05) is 13.8 Å². The summed E-state index contributed by atoms with van der Waals surface area (Å²) < 4.78 is 27.0. The molecule has 0 saturated carbocycles. The number of aromatic carboxylic acids is 1. The quantitative estimate of drug-likeness (QED) is 0.833. The molecule has 0 saturated heterocycles. The monoisotopic (exact) mass is 339 g/mol. The van der Waals surface area contributed by atoms with Crippen molar-refractivity contribution in [2.45, 2.75) is 37.6 Å². The number of halogens is 2. The summed E-state index contributed by atoms with van der Waals surface area (Å²) in [5.74, 6) is -1.31. The second kappa shape index (κ2) is 6.76. The highest BCUT2D eigenvalue weighted by molar-refractivity contribution is 7.89. The Hall–Kier alpha value is -0.820. The summed E-state index contributed by atoms with van der Waals surface area (Å²) in [5, 5.41) is 8.76. The number of carbonyl (C=O) groups is 1. The van der Waals surface area contributed by atoms with Gasteiger partial charge in [-0.3, -0.25) is 0 Å². The molecule has 0 unspecified atom stereocenters. The van der Waals surface area contributed by atoms with Gasteiger partial charge < -0.3 is 5.11 Å². The summed E-state index contributed by atoms with van der Waals surface area (Å²) in [6.07, 6.45) is 1.24. The van der Waals surface area contributed by atoms with Crippen molar-refractivity contribution >= 4 is 39.2 Å². The van der Waals surface area contributed by atoms with Crippen LogP contribution in [0.4, 0.5) is 0 Å². The molecule has 1 rings (SSSR count). The zero-order valence-corrected chi connectivity index (χ0v) is 13.3. The van der Waals surface area contributed by atoms with Crippen LogP contribution < -0.4 is 4.72 Å². The Kier molecular flexibility index (Phi) is 5.82. The molecule has 1 aromatic carbocycles. The van der Waals surface area contributed by atoms with Crippen molar-refractivity contribution in [2.75, 3.05) is 0 Å². The SMILES string of the molecule is CCC(CC)NS(=O)(=O)c1cc(C(=O)O)c(Cl)cc1Cl. The molecule has 1 aromatic rings. The van der Waals surface area contributed by atoms with Crippen molar-refractivity contribution in [2.24, 2.45) is 0 Å². The molecule has 2 N–H and O–H groups in total. The number of hydrogen-bond donors (Lipinski definition) is 2. The van der Waals surface area contributed by atoms with Crippen molar-refractivity contribution in [3.8, 4) is 0 Å². The predicted molar refractivity (Wildman–Crippen MR) is 78.1 cm³/mol. The van der Waals surface area contributed by atoms with Crippen LogP contribution >= 0.6 is 23.2 Å². The van der Waals surface area contributed by atoms with Crippen LogP contribution in [0.5, 0.6) is 0 Å². The predicted octanol–water partition coefficient (Wildman–Crippen LogP) is 3.16. The van der Waals surface area contributed by atoms with Gasteiger partial charge in [-0.15, -0.1) is 0 Å². The van der Waals surface area contributed by atoms with Crippen LogP contribution in [0.1, 0.15) is 37.0 Å². The highest BCUT2D eigenvalue weighted by Gasteiger charge is 2.24. The molecular weight excluding hydrogens is 325 g/mol. The van der Waals surface area contributed by atoms with Gasteiger partial charge in [0.2, 0.25) is 10.0 Å². The van der Waals surface area contributed by atoms with Gasteiger partial charge in [0.25, 0.3) is 0 Å². The maximum atomic E-state index is 12.2. The Morgan fingerprint density at radius 3 is 2.25 bits per heavy atom. The second-order valence-corrected chi connectivity index (χ2v) is 6.70. The lowest BCUT2D eigenvalue weighted by Crippen LogP contribution is -2.34. The summed E-state index contributed by atoms with van der Waals surface area (Å²) >= 11 is 11.6. The van der Waals surface area contributed by atoms with Crippen molar-refractivity contribution in [3.05, 3.63) is 27.7 Å². The molecule has 112 valence electrons. The molecule has 0 aromatic heterocycles. The van der Waals surface area contributed by atoms with Gasteiger partial charge in [0.1, 0.15) is 4.90 Å². The third kappa shape index (κ3) is 3.85. The van der Waals surface area contributed by atoms with E-state index in [9.17, 15) is 13.2 Å². The lowest BCUT2D eigenvalue weighted by atomic mass is 10.2. The molecule has 0 fully saturated rings. The Balaban J connectivity index is 3.31. The first-order valence-electron chi connectivity index (χ1n) is 5.97. The largest absolute Gasteiger partial charge is 0.478 e. The van der Waals surface area contributed by atoms with Crippen LogP contribution in [0.3, 0.4) is 0 Å². The lowest BCUT2D eigenvalue weighted by Gasteiger charge is -2.16. The molecule has 20 heavy (non-hydrogen) atoms. The normalized spacial score (nSPS) is 11.8. The van der Waals surface area contributed by atoms with E-state index in [-0.39, 0.29) is 26.5 Å². The smallest absolute Gasteiger partial charge is 0.337 e. The molecule has 0 bridgehead atoms. The number of benzene rings is 1. The van der Waals surface area contributed by atoms with Gasteiger partial charge in [0.15, 0.2) is 0 Å². The van der Waals surface area contributed by atoms with Crippen molar-refractivity contribution in [1.82, 2.24) is 4.72 Å². The fourth-order valence-electron chi connectivity index (χ4n) is 1.64. The van der Waals surface area contributed by atoms with E-state index in [0.29, 0.717) is 12.8 Å². The summed E-state index contributed by atoms with van der Waals surface area (Å²) in [6.45, 7) is 3.70. The van der Waals surface area contributed by atoms with Crippen LogP contribution in [0.15, 0.2) is 17.0 Å². The van der Waals surface area contributed by atoms with E-state index in [2.05, 4.69) is 4.72 Å². The second-order valence-electron chi connectivity index (χ2n) is 4.20. The molecule has 0 aliphatic carbocycles. The van der Waals surface area contributed by atoms with Crippen LogP contribution in [-0.2, 0) is 10.0 Å². The molecule has 0 atom stereocenters. The molecule has 0 aliphatic rings. The van der Waals surface area contributed by atoms with Crippen LogP contribution in [0.25, 0.3) is 0 Å². The highest BCUT2D eigenvalue weighted by Crippen LogP contribution is 2.29. The molecule has 0 aliphatic heterocycles.